The average molecular weight is 258 g/mol. The molecule has 0 spiro atoms. The minimum Gasteiger partial charge on any atom is -0.504 e. The van der Waals surface area contributed by atoms with Crippen LogP contribution in [-0.4, -0.2) is 18.2 Å². The van der Waals surface area contributed by atoms with E-state index in [9.17, 15) is 9.90 Å². The molecule has 4 heteroatoms. The number of hydrogen-bond donors (Lipinski definition) is 1. The molecule has 0 fully saturated rings. The van der Waals surface area contributed by atoms with Gasteiger partial charge in [0.25, 0.3) is 0 Å². The molecule has 0 aliphatic heterocycles. The summed E-state index contributed by atoms with van der Waals surface area (Å²) in [5.74, 6) is 0.0105. The molecule has 0 saturated carbocycles. The van der Waals surface area contributed by atoms with E-state index in [-0.39, 0.29) is 11.5 Å². The lowest BCUT2D eigenvalue weighted by molar-refractivity contribution is 0.0729. The van der Waals surface area contributed by atoms with Crippen LogP contribution in [-0.2, 0) is 0 Å². The van der Waals surface area contributed by atoms with Crippen molar-refractivity contribution in [3.63, 3.8) is 0 Å². The summed E-state index contributed by atoms with van der Waals surface area (Å²) in [6, 6.07) is 11.6. The number of carbonyl (C=O) groups is 1. The molecular weight excluding hydrogens is 244 g/mol. The summed E-state index contributed by atoms with van der Waals surface area (Å²) in [5.41, 5.74) is 1.20. The Kier molecular flexibility index (Phi) is 3.71. The Morgan fingerprint density at radius 2 is 1.79 bits per heavy atom. The minimum absolute atomic E-state index is 0.118. The van der Waals surface area contributed by atoms with Crippen LogP contribution in [0.2, 0.25) is 0 Å². The lowest BCUT2D eigenvalue weighted by atomic mass is 10.2. The molecule has 0 aliphatic rings. The van der Waals surface area contributed by atoms with Crippen molar-refractivity contribution in [3.8, 4) is 17.2 Å². The number of ether oxygens (including phenoxy) is 2. The molecule has 0 amide bonds. The maximum absolute atomic E-state index is 11.9. The van der Waals surface area contributed by atoms with Gasteiger partial charge in [-0.25, -0.2) is 4.79 Å². The maximum atomic E-state index is 11.9. The fraction of sp³-hybridized carbons (Fsp3) is 0.133. The van der Waals surface area contributed by atoms with Crippen molar-refractivity contribution in [2.75, 3.05) is 7.11 Å². The second-order valence-electron chi connectivity index (χ2n) is 4.05. The molecule has 0 atom stereocenters. The van der Waals surface area contributed by atoms with Gasteiger partial charge in [0.15, 0.2) is 11.5 Å². The first-order valence-corrected chi connectivity index (χ1v) is 5.76. The summed E-state index contributed by atoms with van der Waals surface area (Å²) in [6.07, 6.45) is 0. The second kappa shape index (κ2) is 5.44. The first-order chi connectivity index (χ1) is 9.11. The molecule has 4 nitrogen and oxygen atoms in total. The van der Waals surface area contributed by atoms with Crippen molar-refractivity contribution in [2.24, 2.45) is 0 Å². The molecule has 0 radical (unpaired) electrons. The second-order valence-corrected chi connectivity index (χ2v) is 4.05. The number of phenolic OH excluding ortho intramolecular Hbond substituents is 1. The molecule has 2 aromatic carbocycles. The van der Waals surface area contributed by atoms with Crippen LogP contribution < -0.4 is 9.47 Å². The summed E-state index contributed by atoms with van der Waals surface area (Å²) < 4.78 is 10.2. The molecule has 2 aromatic rings. The minimum atomic E-state index is -0.513. The normalized spacial score (nSPS) is 10.0. The topological polar surface area (TPSA) is 55.8 Å². The van der Waals surface area contributed by atoms with Crippen molar-refractivity contribution >= 4 is 5.97 Å². The van der Waals surface area contributed by atoms with E-state index >= 15 is 0 Å². The molecule has 1 N–H and O–H groups in total. The first kappa shape index (κ1) is 13.0. The highest BCUT2D eigenvalue weighted by molar-refractivity contribution is 5.91. The standard InChI is InChI=1S/C15H14O4/c1-10-8-14(12(16)9-13(10)18-2)19-15(17)11-6-4-3-5-7-11/h3-9,16H,1-2H3. The summed E-state index contributed by atoms with van der Waals surface area (Å²) in [7, 11) is 1.51. The van der Waals surface area contributed by atoms with E-state index in [2.05, 4.69) is 0 Å². The number of rotatable bonds is 3. The summed E-state index contributed by atoms with van der Waals surface area (Å²) in [5, 5.41) is 9.79. The highest BCUT2D eigenvalue weighted by atomic mass is 16.5. The quantitative estimate of drug-likeness (QED) is 0.679. The van der Waals surface area contributed by atoms with Gasteiger partial charge in [-0.15, -0.1) is 0 Å². The Hall–Kier alpha value is -2.49. The maximum Gasteiger partial charge on any atom is 0.343 e. The predicted molar refractivity (Wildman–Crippen MR) is 70.8 cm³/mol. The average Bonchev–Trinajstić information content (AvgIpc) is 2.43. The van der Waals surface area contributed by atoms with E-state index in [0.717, 1.165) is 5.56 Å². The van der Waals surface area contributed by atoms with Gasteiger partial charge in [0.2, 0.25) is 0 Å². The van der Waals surface area contributed by atoms with Crippen molar-refractivity contribution in [3.05, 3.63) is 53.6 Å². The van der Waals surface area contributed by atoms with Gasteiger partial charge in [0.1, 0.15) is 5.75 Å². The van der Waals surface area contributed by atoms with E-state index in [1.165, 1.54) is 13.2 Å². The fourth-order valence-corrected chi connectivity index (χ4v) is 1.69. The van der Waals surface area contributed by atoms with Crippen LogP contribution in [0.4, 0.5) is 0 Å². The molecular formula is C15H14O4. The zero-order chi connectivity index (χ0) is 13.8. The Morgan fingerprint density at radius 1 is 1.11 bits per heavy atom. The number of carbonyl (C=O) groups excluding carboxylic acids is 1. The number of methoxy groups -OCH3 is 1. The Morgan fingerprint density at radius 3 is 2.42 bits per heavy atom. The van der Waals surface area contributed by atoms with Crippen LogP contribution in [0.5, 0.6) is 17.2 Å². The highest BCUT2D eigenvalue weighted by Crippen LogP contribution is 2.33. The number of aryl methyl sites for hydroxylation is 1. The van der Waals surface area contributed by atoms with E-state index in [1.54, 1.807) is 37.3 Å². The summed E-state index contributed by atoms with van der Waals surface area (Å²) in [6.45, 7) is 1.80. The highest BCUT2D eigenvalue weighted by Gasteiger charge is 2.13. The molecule has 19 heavy (non-hydrogen) atoms. The molecule has 0 saturated heterocycles. The Labute approximate surface area is 111 Å². The molecule has 0 heterocycles. The molecule has 98 valence electrons. The van der Waals surface area contributed by atoms with Gasteiger partial charge in [-0.1, -0.05) is 18.2 Å². The number of aromatic hydroxyl groups is 1. The Balaban J connectivity index is 2.25. The van der Waals surface area contributed by atoms with Gasteiger partial charge in [-0.3, -0.25) is 0 Å². The van der Waals surface area contributed by atoms with Gasteiger partial charge in [-0.05, 0) is 30.7 Å². The SMILES string of the molecule is COc1cc(O)c(OC(=O)c2ccccc2)cc1C. The van der Waals surface area contributed by atoms with Crippen LogP contribution in [0.3, 0.4) is 0 Å². The molecule has 0 aromatic heterocycles. The molecule has 0 bridgehead atoms. The zero-order valence-electron chi connectivity index (χ0n) is 10.7. The Bertz CT molecular complexity index is 591. The largest absolute Gasteiger partial charge is 0.504 e. The van der Waals surface area contributed by atoms with Crippen LogP contribution in [0, 0.1) is 6.92 Å². The zero-order valence-corrected chi connectivity index (χ0v) is 10.7. The van der Waals surface area contributed by atoms with Crippen molar-refractivity contribution in [1.29, 1.82) is 0 Å². The monoisotopic (exact) mass is 258 g/mol. The van der Waals surface area contributed by atoms with Crippen LogP contribution in [0.25, 0.3) is 0 Å². The van der Waals surface area contributed by atoms with Crippen molar-refractivity contribution in [1.82, 2.24) is 0 Å². The lowest BCUT2D eigenvalue weighted by Gasteiger charge is -2.10. The van der Waals surface area contributed by atoms with Gasteiger partial charge < -0.3 is 14.6 Å². The molecule has 0 unspecified atom stereocenters. The number of hydrogen-bond acceptors (Lipinski definition) is 4. The predicted octanol–water partition coefficient (Wildman–Crippen LogP) is 2.93. The van der Waals surface area contributed by atoms with Gasteiger partial charge in [0, 0.05) is 6.07 Å². The van der Waals surface area contributed by atoms with Gasteiger partial charge in [0.05, 0.1) is 12.7 Å². The van der Waals surface area contributed by atoms with Crippen LogP contribution >= 0.6 is 0 Å². The van der Waals surface area contributed by atoms with Gasteiger partial charge >= 0.3 is 5.97 Å². The molecule has 2 rings (SSSR count). The van der Waals surface area contributed by atoms with E-state index in [1.807, 2.05) is 6.07 Å². The fourth-order valence-electron chi connectivity index (χ4n) is 1.69. The van der Waals surface area contributed by atoms with E-state index < -0.39 is 5.97 Å². The van der Waals surface area contributed by atoms with Crippen molar-refractivity contribution in [2.45, 2.75) is 6.92 Å². The van der Waals surface area contributed by atoms with Crippen molar-refractivity contribution < 1.29 is 19.4 Å². The van der Waals surface area contributed by atoms with Gasteiger partial charge in [-0.2, -0.15) is 0 Å². The number of phenols is 1. The number of benzene rings is 2. The molecule has 0 aliphatic carbocycles. The smallest absolute Gasteiger partial charge is 0.343 e. The van der Waals surface area contributed by atoms with Crippen LogP contribution in [0.1, 0.15) is 15.9 Å². The third-order valence-electron chi connectivity index (χ3n) is 2.69. The summed E-state index contributed by atoms with van der Waals surface area (Å²) in [4.78, 5) is 11.9. The van der Waals surface area contributed by atoms with E-state index in [0.29, 0.717) is 11.3 Å². The van der Waals surface area contributed by atoms with E-state index in [4.69, 9.17) is 9.47 Å². The van der Waals surface area contributed by atoms with Crippen LogP contribution in [0.15, 0.2) is 42.5 Å². The third kappa shape index (κ3) is 2.85. The third-order valence-corrected chi connectivity index (χ3v) is 2.69. The number of esters is 1. The first-order valence-electron chi connectivity index (χ1n) is 5.76. The summed E-state index contributed by atoms with van der Waals surface area (Å²) >= 11 is 0. The lowest BCUT2D eigenvalue weighted by Crippen LogP contribution is -2.08.